The van der Waals surface area contributed by atoms with Crippen LogP contribution in [0.2, 0.25) is 0 Å². The molecule has 0 bridgehead atoms. The van der Waals surface area contributed by atoms with E-state index in [9.17, 15) is 21.2 Å². The maximum absolute atomic E-state index is 14.3. The molecule has 0 radical (unpaired) electrons. The molecule has 0 saturated carbocycles. The van der Waals surface area contributed by atoms with Gasteiger partial charge in [0.05, 0.1) is 23.8 Å². The SMILES string of the molecule is CCS(=O)(=O)N1N=C(c2cccc(NS(C)(=O)=O)c2)C[C@H]1c1ccccc1F. The molecule has 2 aromatic rings. The van der Waals surface area contributed by atoms with E-state index in [-0.39, 0.29) is 17.7 Å². The highest BCUT2D eigenvalue weighted by Crippen LogP contribution is 2.36. The highest BCUT2D eigenvalue weighted by molar-refractivity contribution is 7.92. The maximum Gasteiger partial charge on any atom is 0.250 e. The van der Waals surface area contributed by atoms with Crippen LogP contribution in [0.15, 0.2) is 53.6 Å². The molecule has 1 N–H and O–H groups in total. The van der Waals surface area contributed by atoms with Crippen molar-refractivity contribution in [2.45, 2.75) is 19.4 Å². The van der Waals surface area contributed by atoms with Crippen LogP contribution in [0.3, 0.4) is 0 Å². The molecule has 0 fully saturated rings. The van der Waals surface area contributed by atoms with Gasteiger partial charge < -0.3 is 0 Å². The van der Waals surface area contributed by atoms with Crippen LogP contribution < -0.4 is 4.72 Å². The van der Waals surface area contributed by atoms with Crippen LogP contribution in [-0.4, -0.2) is 39.0 Å². The molecule has 0 amide bonds. The van der Waals surface area contributed by atoms with Crippen LogP contribution in [0.1, 0.15) is 30.5 Å². The standard InChI is InChI=1S/C18H20FN3O4S2/c1-3-28(25,26)22-18(15-9-4-5-10-16(15)19)12-17(20-22)13-7-6-8-14(11-13)21-27(2,23)24/h4-11,18,21H,3,12H2,1-2H3/t18-/m0/s1. The number of hydrogen-bond donors (Lipinski definition) is 1. The minimum absolute atomic E-state index is 0.169. The number of rotatable bonds is 6. The molecule has 0 spiro atoms. The van der Waals surface area contributed by atoms with Gasteiger partial charge in [0.2, 0.25) is 20.0 Å². The van der Waals surface area contributed by atoms with Gasteiger partial charge in [0.1, 0.15) is 5.82 Å². The van der Waals surface area contributed by atoms with Gasteiger partial charge >= 0.3 is 0 Å². The molecule has 1 heterocycles. The summed E-state index contributed by atoms with van der Waals surface area (Å²) in [6.45, 7) is 1.50. The molecular weight excluding hydrogens is 405 g/mol. The first kappa shape index (κ1) is 20.3. The van der Waals surface area contributed by atoms with Crippen LogP contribution in [0.4, 0.5) is 10.1 Å². The molecule has 1 aliphatic rings. The van der Waals surface area contributed by atoms with Gasteiger partial charge in [0.25, 0.3) is 0 Å². The van der Waals surface area contributed by atoms with Gasteiger partial charge in [-0.2, -0.15) is 9.52 Å². The second-order valence-electron chi connectivity index (χ2n) is 6.42. The summed E-state index contributed by atoms with van der Waals surface area (Å²) in [5.41, 5.74) is 1.57. The highest BCUT2D eigenvalue weighted by atomic mass is 32.2. The molecule has 150 valence electrons. The summed E-state index contributed by atoms with van der Waals surface area (Å²) >= 11 is 0. The van der Waals surface area contributed by atoms with Crippen molar-refractivity contribution < 1.29 is 21.2 Å². The summed E-state index contributed by atoms with van der Waals surface area (Å²) in [6.07, 6.45) is 1.21. The zero-order chi connectivity index (χ0) is 20.5. The van der Waals surface area contributed by atoms with Gasteiger partial charge in [-0.3, -0.25) is 4.72 Å². The van der Waals surface area contributed by atoms with E-state index in [0.717, 1.165) is 10.7 Å². The number of sulfonamides is 2. The van der Waals surface area contributed by atoms with E-state index < -0.39 is 31.9 Å². The first-order chi connectivity index (χ1) is 13.1. The van der Waals surface area contributed by atoms with Gasteiger partial charge in [-0.25, -0.2) is 21.2 Å². The van der Waals surface area contributed by atoms with E-state index in [1.807, 2.05) is 0 Å². The lowest BCUT2D eigenvalue weighted by atomic mass is 9.98. The van der Waals surface area contributed by atoms with Gasteiger partial charge in [-0.05, 0) is 30.7 Å². The van der Waals surface area contributed by atoms with Crippen LogP contribution >= 0.6 is 0 Å². The Morgan fingerprint density at radius 1 is 1.14 bits per heavy atom. The fourth-order valence-electron chi connectivity index (χ4n) is 3.01. The normalized spacial score (nSPS) is 17.5. The summed E-state index contributed by atoms with van der Waals surface area (Å²) in [5.74, 6) is -0.683. The highest BCUT2D eigenvalue weighted by Gasteiger charge is 2.37. The topological polar surface area (TPSA) is 95.9 Å². The predicted octanol–water partition coefficient (Wildman–Crippen LogP) is 2.70. The first-order valence-corrected chi connectivity index (χ1v) is 12.0. The van der Waals surface area contributed by atoms with Crippen molar-refractivity contribution in [3.8, 4) is 0 Å². The van der Waals surface area contributed by atoms with Gasteiger partial charge in [-0.15, -0.1) is 0 Å². The Hall–Kier alpha value is -2.46. The molecule has 0 aliphatic carbocycles. The number of halogens is 1. The molecule has 3 rings (SSSR count). The Morgan fingerprint density at radius 3 is 2.50 bits per heavy atom. The third-order valence-electron chi connectivity index (χ3n) is 4.29. The van der Waals surface area contributed by atoms with E-state index in [2.05, 4.69) is 9.82 Å². The molecule has 28 heavy (non-hydrogen) atoms. The lowest BCUT2D eigenvalue weighted by Gasteiger charge is -2.23. The number of nitrogens with zero attached hydrogens (tertiary/aromatic N) is 2. The van der Waals surface area contributed by atoms with Crippen LogP contribution in [0.5, 0.6) is 0 Å². The van der Waals surface area contributed by atoms with E-state index in [1.54, 1.807) is 30.3 Å². The van der Waals surface area contributed by atoms with Crippen molar-refractivity contribution in [2.75, 3.05) is 16.7 Å². The smallest absolute Gasteiger partial charge is 0.250 e. The third kappa shape index (κ3) is 4.33. The van der Waals surface area contributed by atoms with Crippen molar-refractivity contribution >= 4 is 31.4 Å². The van der Waals surface area contributed by atoms with E-state index in [0.29, 0.717) is 17.0 Å². The second kappa shape index (κ2) is 7.51. The van der Waals surface area contributed by atoms with Gasteiger partial charge in [0.15, 0.2) is 0 Å². The zero-order valence-electron chi connectivity index (χ0n) is 15.3. The van der Waals surface area contributed by atoms with Crippen molar-refractivity contribution in [1.82, 2.24) is 4.41 Å². The molecular formula is C18H20FN3O4S2. The fourth-order valence-corrected chi connectivity index (χ4v) is 4.62. The largest absolute Gasteiger partial charge is 0.284 e. The van der Waals surface area contributed by atoms with Gasteiger partial charge in [0, 0.05) is 17.7 Å². The molecule has 7 nitrogen and oxygen atoms in total. The lowest BCUT2D eigenvalue weighted by molar-refractivity contribution is 0.363. The molecule has 1 aliphatic heterocycles. The predicted molar refractivity (Wildman–Crippen MR) is 107 cm³/mol. The van der Waals surface area contributed by atoms with Crippen molar-refractivity contribution in [3.05, 3.63) is 65.5 Å². The summed E-state index contributed by atoms with van der Waals surface area (Å²) in [4.78, 5) is 0. The molecule has 10 heteroatoms. The lowest BCUT2D eigenvalue weighted by Crippen LogP contribution is -2.29. The summed E-state index contributed by atoms with van der Waals surface area (Å²) < 4.78 is 65.7. The van der Waals surface area contributed by atoms with E-state index in [1.165, 1.54) is 25.1 Å². The Kier molecular flexibility index (Phi) is 5.44. The third-order valence-corrected chi connectivity index (χ3v) is 6.53. The average Bonchev–Trinajstić information content (AvgIpc) is 3.07. The molecule has 2 aromatic carbocycles. The monoisotopic (exact) mass is 425 g/mol. The maximum atomic E-state index is 14.3. The molecule has 1 atom stereocenters. The van der Waals surface area contributed by atoms with Crippen LogP contribution in [0.25, 0.3) is 0 Å². The Balaban J connectivity index is 2.03. The summed E-state index contributed by atoms with van der Waals surface area (Å²) in [6, 6.07) is 11.7. The number of benzene rings is 2. The quantitative estimate of drug-likeness (QED) is 0.770. The average molecular weight is 426 g/mol. The Labute approximate surface area is 164 Å². The van der Waals surface area contributed by atoms with E-state index in [4.69, 9.17) is 0 Å². The Bertz CT molecular complexity index is 1130. The fraction of sp³-hybridized carbons (Fsp3) is 0.278. The number of anilines is 1. The summed E-state index contributed by atoms with van der Waals surface area (Å²) in [7, 11) is -7.18. The zero-order valence-corrected chi connectivity index (χ0v) is 17.0. The van der Waals surface area contributed by atoms with Crippen molar-refractivity contribution in [1.29, 1.82) is 0 Å². The Morgan fingerprint density at radius 2 is 1.86 bits per heavy atom. The number of hydrazone groups is 1. The molecule has 0 aromatic heterocycles. The number of hydrogen-bond acceptors (Lipinski definition) is 5. The first-order valence-electron chi connectivity index (χ1n) is 8.53. The minimum Gasteiger partial charge on any atom is -0.284 e. The number of nitrogens with one attached hydrogen (secondary N) is 1. The molecule has 0 saturated heterocycles. The van der Waals surface area contributed by atoms with Crippen LogP contribution in [0, 0.1) is 5.82 Å². The van der Waals surface area contributed by atoms with Crippen molar-refractivity contribution in [3.63, 3.8) is 0 Å². The summed E-state index contributed by atoms with van der Waals surface area (Å²) in [5, 5.41) is 4.26. The molecule has 0 unspecified atom stereocenters. The van der Waals surface area contributed by atoms with Crippen LogP contribution in [-0.2, 0) is 20.0 Å². The van der Waals surface area contributed by atoms with Crippen molar-refractivity contribution in [2.24, 2.45) is 5.10 Å². The second-order valence-corrected chi connectivity index (χ2v) is 10.3. The van der Waals surface area contributed by atoms with E-state index >= 15 is 0 Å². The van der Waals surface area contributed by atoms with Gasteiger partial charge in [-0.1, -0.05) is 30.3 Å². The minimum atomic E-state index is -3.72.